The van der Waals surface area contributed by atoms with Crippen molar-refractivity contribution in [3.63, 3.8) is 0 Å². The van der Waals surface area contributed by atoms with E-state index < -0.39 is 7.14 Å². The molecule has 0 radical (unpaired) electrons. The number of phenolic OH excluding ortho intramolecular Hbond substituents is 2. The van der Waals surface area contributed by atoms with E-state index in [0.717, 1.165) is 25.7 Å². The van der Waals surface area contributed by atoms with E-state index >= 15 is 0 Å². The Morgan fingerprint density at radius 1 is 0.955 bits per heavy atom. The predicted octanol–water partition coefficient (Wildman–Crippen LogP) is 4.84. The van der Waals surface area contributed by atoms with Gasteiger partial charge in [-0.2, -0.15) is 0 Å². The molecule has 2 aromatic rings. The molecule has 0 amide bonds. The monoisotopic (exact) mass is 320 g/mol. The van der Waals surface area contributed by atoms with Gasteiger partial charge in [0, 0.05) is 23.1 Å². The van der Waals surface area contributed by atoms with E-state index in [0.29, 0.717) is 28.4 Å². The van der Waals surface area contributed by atoms with Gasteiger partial charge in [0.25, 0.3) is 0 Å². The van der Waals surface area contributed by atoms with Gasteiger partial charge in [0.05, 0.1) is 5.30 Å². The lowest BCUT2D eigenvalue weighted by molar-refractivity contribution is 0.472. The van der Waals surface area contributed by atoms with Crippen LogP contribution in [0.3, 0.4) is 0 Å². The number of aromatic hydroxyl groups is 2. The molecule has 2 aromatic carbocycles. The first-order chi connectivity index (χ1) is 10.5. The highest BCUT2D eigenvalue weighted by atomic mass is 31.2. The van der Waals surface area contributed by atoms with Crippen molar-refractivity contribution in [2.45, 2.75) is 39.5 Å². The molecule has 0 aliphatic rings. The summed E-state index contributed by atoms with van der Waals surface area (Å²) in [7, 11) is -2.68. The van der Waals surface area contributed by atoms with Crippen molar-refractivity contribution in [1.82, 2.24) is 0 Å². The minimum atomic E-state index is -2.68. The van der Waals surface area contributed by atoms with E-state index in [9.17, 15) is 14.8 Å². The summed E-state index contributed by atoms with van der Waals surface area (Å²) in [5.74, 6) is 0.167. The van der Waals surface area contributed by atoms with Gasteiger partial charge in [0.2, 0.25) is 0 Å². The van der Waals surface area contributed by atoms with Crippen molar-refractivity contribution in [2.75, 3.05) is 12.3 Å². The average Bonchev–Trinajstić information content (AvgIpc) is 2.54. The molecule has 0 fully saturated rings. The van der Waals surface area contributed by atoms with Crippen LogP contribution in [-0.4, -0.2) is 22.5 Å². The summed E-state index contributed by atoms with van der Waals surface area (Å²) in [6, 6.07) is 8.67. The molecule has 120 valence electrons. The molecule has 4 heteroatoms. The maximum absolute atomic E-state index is 13.5. The molecule has 0 saturated heterocycles. The van der Waals surface area contributed by atoms with Crippen LogP contribution in [0.2, 0.25) is 0 Å². The number of phenols is 2. The molecule has 0 heterocycles. The van der Waals surface area contributed by atoms with Gasteiger partial charge in [0.1, 0.15) is 18.6 Å². The summed E-state index contributed by atoms with van der Waals surface area (Å²) >= 11 is 0. The molecule has 0 atom stereocenters. The quantitative estimate of drug-likeness (QED) is 0.567. The third-order valence-electron chi connectivity index (χ3n) is 4.16. The van der Waals surface area contributed by atoms with Crippen LogP contribution in [0.25, 0.3) is 10.8 Å². The minimum absolute atomic E-state index is 0.0731. The highest BCUT2D eigenvalue weighted by Crippen LogP contribution is 2.50. The van der Waals surface area contributed by atoms with E-state index in [1.807, 2.05) is 12.1 Å². The van der Waals surface area contributed by atoms with Crippen molar-refractivity contribution in [3.8, 4) is 11.5 Å². The number of hydrogen-bond donors (Lipinski definition) is 2. The molecule has 0 spiro atoms. The second-order valence-electron chi connectivity index (χ2n) is 5.85. The SMILES string of the molecule is CCCCP(=O)(CCCC)c1cc(O)c2ccccc2c1O. The normalized spacial score (nSPS) is 11.9. The van der Waals surface area contributed by atoms with E-state index in [1.54, 1.807) is 12.1 Å². The summed E-state index contributed by atoms with van der Waals surface area (Å²) < 4.78 is 13.5. The maximum atomic E-state index is 13.5. The highest BCUT2D eigenvalue weighted by molar-refractivity contribution is 7.71. The van der Waals surface area contributed by atoms with Gasteiger partial charge in [-0.25, -0.2) is 0 Å². The zero-order valence-corrected chi connectivity index (χ0v) is 14.3. The average molecular weight is 320 g/mol. The van der Waals surface area contributed by atoms with Crippen molar-refractivity contribution in [3.05, 3.63) is 30.3 Å². The number of rotatable bonds is 7. The number of benzene rings is 2. The van der Waals surface area contributed by atoms with Crippen LogP contribution in [0.15, 0.2) is 30.3 Å². The van der Waals surface area contributed by atoms with Crippen LogP contribution in [0, 0.1) is 0 Å². The smallest absolute Gasteiger partial charge is 0.134 e. The number of unbranched alkanes of at least 4 members (excludes halogenated alkanes) is 2. The third-order valence-corrected chi connectivity index (χ3v) is 7.46. The van der Waals surface area contributed by atoms with Gasteiger partial charge >= 0.3 is 0 Å². The van der Waals surface area contributed by atoms with Crippen LogP contribution in [-0.2, 0) is 4.57 Å². The Bertz CT molecular complexity index is 682. The molecule has 0 aliphatic heterocycles. The van der Waals surface area contributed by atoms with E-state index in [-0.39, 0.29) is 11.5 Å². The lowest BCUT2D eigenvalue weighted by Crippen LogP contribution is -2.12. The van der Waals surface area contributed by atoms with Gasteiger partial charge < -0.3 is 14.8 Å². The summed E-state index contributed by atoms with van der Waals surface area (Å²) in [6.07, 6.45) is 4.86. The van der Waals surface area contributed by atoms with Crippen LogP contribution >= 0.6 is 7.14 Å². The molecule has 0 unspecified atom stereocenters. The third kappa shape index (κ3) is 3.30. The molecular weight excluding hydrogens is 295 g/mol. The molecular formula is C18H25O3P. The Morgan fingerprint density at radius 2 is 1.50 bits per heavy atom. The molecule has 2 N–H and O–H groups in total. The van der Waals surface area contributed by atoms with Gasteiger partial charge in [-0.3, -0.25) is 0 Å². The Hall–Kier alpha value is -1.47. The van der Waals surface area contributed by atoms with Crippen LogP contribution in [0.4, 0.5) is 0 Å². The highest BCUT2D eigenvalue weighted by Gasteiger charge is 2.28. The molecule has 0 saturated carbocycles. The maximum Gasteiger partial charge on any atom is 0.134 e. The predicted molar refractivity (Wildman–Crippen MR) is 94.1 cm³/mol. The Labute approximate surface area is 132 Å². The molecule has 2 rings (SSSR count). The second-order valence-corrected chi connectivity index (χ2v) is 9.01. The fraction of sp³-hybridized carbons (Fsp3) is 0.444. The van der Waals surface area contributed by atoms with E-state index in [4.69, 9.17) is 0 Å². The summed E-state index contributed by atoms with van der Waals surface area (Å²) in [4.78, 5) is 0. The Balaban J connectivity index is 2.58. The minimum Gasteiger partial charge on any atom is -0.507 e. The van der Waals surface area contributed by atoms with Gasteiger partial charge in [-0.05, 0) is 18.9 Å². The number of hydrogen-bond acceptors (Lipinski definition) is 3. The molecule has 22 heavy (non-hydrogen) atoms. The zero-order valence-electron chi connectivity index (χ0n) is 13.4. The van der Waals surface area contributed by atoms with Crippen LogP contribution in [0.1, 0.15) is 39.5 Å². The summed E-state index contributed by atoms with van der Waals surface area (Å²) in [5, 5.41) is 22.5. The van der Waals surface area contributed by atoms with E-state index in [1.165, 1.54) is 6.07 Å². The van der Waals surface area contributed by atoms with Gasteiger partial charge in [-0.15, -0.1) is 0 Å². The first kappa shape index (κ1) is 16.9. The topological polar surface area (TPSA) is 57.5 Å². The van der Waals surface area contributed by atoms with Gasteiger partial charge in [-0.1, -0.05) is 51.0 Å². The number of fused-ring (bicyclic) bond motifs is 1. The largest absolute Gasteiger partial charge is 0.507 e. The van der Waals surface area contributed by atoms with Crippen molar-refractivity contribution >= 4 is 23.2 Å². The fourth-order valence-electron chi connectivity index (χ4n) is 2.82. The van der Waals surface area contributed by atoms with Gasteiger partial charge in [0.15, 0.2) is 0 Å². The standard InChI is InChI=1S/C18H25O3P/c1-3-5-11-22(21,12-6-4-2)17-13-16(19)14-9-7-8-10-15(14)18(17)20/h7-10,13,19-20H,3-6,11-12H2,1-2H3. The Morgan fingerprint density at radius 3 is 2.05 bits per heavy atom. The molecule has 0 aromatic heterocycles. The zero-order chi connectivity index (χ0) is 16.2. The van der Waals surface area contributed by atoms with E-state index in [2.05, 4.69) is 13.8 Å². The fourth-order valence-corrected chi connectivity index (χ4v) is 6.04. The first-order valence-electron chi connectivity index (χ1n) is 8.05. The lowest BCUT2D eigenvalue weighted by Gasteiger charge is -2.21. The first-order valence-corrected chi connectivity index (χ1v) is 10.1. The van der Waals surface area contributed by atoms with Crippen LogP contribution < -0.4 is 5.30 Å². The van der Waals surface area contributed by atoms with Crippen LogP contribution in [0.5, 0.6) is 11.5 Å². The molecule has 0 aliphatic carbocycles. The Kier molecular flexibility index (Phi) is 5.52. The molecule has 0 bridgehead atoms. The van der Waals surface area contributed by atoms with Crippen molar-refractivity contribution in [1.29, 1.82) is 0 Å². The summed E-state index contributed by atoms with van der Waals surface area (Å²) in [6.45, 7) is 4.14. The van der Waals surface area contributed by atoms with Crippen molar-refractivity contribution in [2.24, 2.45) is 0 Å². The van der Waals surface area contributed by atoms with Crippen molar-refractivity contribution < 1.29 is 14.8 Å². The second kappa shape index (κ2) is 7.19. The molecule has 3 nitrogen and oxygen atoms in total. The lowest BCUT2D eigenvalue weighted by atomic mass is 10.1. The summed E-state index contributed by atoms with van der Waals surface area (Å²) in [5.41, 5.74) is 0.